The van der Waals surface area contributed by atoms with E-state index in [2.05, 4.69) is 6.92 Å². The average Bonchev–Trinajstić information content (AvgIpc) is 3.13. The lowest BCUT2D eigenvalue weighted by atomic mass is 9.74. The molecule has 0 saturated carbocycles. The van der Waals surface area contributed by atoms with Crippen LogP contribution in [0.5, 0.6) is 0 Å². The predicted octanol–water partition coefficient (Wildman–Crippen LogP) is 3.28. The van der Waals surface area contributed by atoms with E-state index in [9.17, 15) is 18.1 Å². The van der Waals surface area contributed by atoms with Crippen LogP contribution in [0.3, 0.4) is 0 Å². The third-order valence-corrected chi connectivity index (χ3v) is 11.2. The lowest BCUT2D eigenvalue weighted by molar-refractivity contribution is -0.716. The van der Waals surface area contributed by atoms with Gasteiger partial charge in [0.05, 0.1) is 17.2 Å². The summed E-state index contributed by atoms with van der Waals surface area (Å²) in [5.74, 6) is 1.47. The molecule has 0 aliphatic carbocycles. The maximum absolute atomic E-state index is 13.6. The van der Waals surface area contributed by atoms with E-state index in [1.165, 1.54) is 0 Å². The van der Waals surface area contributed by atoms with Gasteiger partial charge in [0.2, 0.25) is 22.0 Å². The monoisotopic (exact) mass is 517 g/mol. The second-order valence-electron chi connectivity index (χ2n) is 11.6. The van der Waals surface area contributed by atoms with Crippen molar-refractivity contribution in [1.29, 1.82) is 0 Å². The van der Waals surface area contributed by atoms with Gasteiger partial charge >= 0.3 is 0 Å². The number of piperidine rings is 3. The minimum Gasteiger partial charge on any atom is -0.342 e. The number of nitroso groups, excluding NO2 is 1. The minimum absolute atomic E-state index is 0.0389. The van der Waals surface area contributed by atoms with Crippen molar-refractivity contribution in [3.05, 3.63) is 40.8 Å². The number of carbonyl (C=O) groups excluding carboxylic acids is 1. The number of nitrogens with zero attached hydrogens (tertiary/aromatic N) is 4. The molecule has 36 heavy (non-hydrogen) atoms. The molecule has 4 atom stereocenters. The van der Waals surface area contributed by atoms with Gasteiger partial charge in [-0.1, -0.05) is 37.3 Å². The average molecular weight is 518 g/mol. The zero-order valence-electron chi connectivity index (χ0n) is 21.7. The van der Waals surface area contributed by atoms with E-state index < -0.39 is 10.0 Å². The highest BCUT2D eigenvalue weighted by Crippen LogP contribution is 2.42. The van der Waals surface area contributed by atoms with Crippen LogP contribution in [-0.4, -0.2) is 78.2 Å². The topological polar surface area (TPSA) is 81.0 Å². The summed E-state index contributed by atoms with van der Waals surface area (Å²) in [6, 6.07) is 9.01. The summed E-state index contributed by atoms with van der Waals surface area (Å²) < 4.78 is 27.6. The summed E-state index contributed by atoms with van der Waals surface area (Å²) in [5.41, 5.74) is 0.823. The summed E-state index contributed by atoms with van der Waals surface area (Å²) in [7, 11) is -3.33. The SMILES string of the molecule is CC1CCN(C(=O)C2C3CC(C4CCN(S(=O)(=O)Cc5ccccc5)CC4)CCN3[N+](=O)C2C)CC1. The van der Waals surface area contributed by atoms with Gasteiger partial charge in [-0.2, -0.15) is 0 Å². The number of rotatable bonds is 5. The van der Waals surface area contributed by atoms with Gasteiger partial charge in [0.1, 0.15) is 16.8 Å². The van der Waals surface area contributed by atoms with E-state index in [4.69, 9.17) is 0 Å². The van der Waals surface area contributed by atoms with Gasteiger partial charge in [0, 0.05) is 33.1 Å². The number of carbonyl (C=O) groups is 1. The maximum Gasteiger partial charge on any atom is 0.245 e. The number of sulfonamides is 1. The van der Waals surface area contributed by atoms with E-state index in [-0.39, 0.29) is 29.7 Å². The molecule has 8 nitrogen and oxygen atoms in total. The summed E-state index contributed by atoms with van der Waals surface area (Å²) >= 11 is 0. The molecular formula is C27H41N4O4S+. The molecule has 4 unspecified atom stereocenters. The van der Waals surface area contributed by atoms with Gasteiger partial charge < -0.3 is 4.90 Å². The molecule has 1 aromatic rings. The fourth-order valence-corrected chi connectivity index (χ4v) is 8.59. The number of hydrazine groups is 1. The van der Waals surface area contributed by atoms with Crippen molar-refractivity contribution in [2.45, 2.75) is 70.2 Å². The number of hydrogen-bond acceptors (Lipinski definition) is 4. The minimum atomic E-state index is -3.33. The molecule has 0 radical (unpaired) electrons. The summed E-state index contributed by atoms with van der Waals surface area (Å²) in [6.07, 6.45) is 5.57. The number of benzene rings is 1. The van der Waals surface area contributed by atoms with Crippen LogP contribution in [0.15, 0.2) is 30.3 Å². The Morgan fingerprint density at radius 3 is 2.22 bits per heavy atom. The van der Waals surface area contributed by atoms with E-state index in [1.54, 1.807) is 4.31 Å². The van der Waals surface area contributed by atoms with Crippen molar-refractivity contribution in [3.8, 4) is 0 Å². The lowest BCUT2D eigenvalue weighted by Gasteiger charge is -2.40. The summed E-state index contributed by atoms with van der Waals surface area (Å²) in [4.78, 5) is 29.6. The van der Waals surface area contributed by atoms with Crippen LogP contribution >= 0.6 is 0 Å². The van der Waals surface area contributed by atoms with Gasteiger partial charge in [-0.3, -0.25) is 4.79 Å². The highest BCUT2D eigenvalue weighted by atomic mass is 32.2. The molecule has 0 N–H and O–H groups in total. The number of amides is 1. The highest BCUT2D eigenvalue weighted by molar-refractivity contribution is 7.88. The number of fused-ring (bicyclic) bond motifs is 1. The Bertz CT molecular complexity index is 1050. The Morgan fingerprint density at radius 2 is 1.56 bits per heavy atom. The molecule has 4 saturated heterocycles. The molecule has 4 aliphatic heterocycles. The standard InChI is InChI=1S/C27H41N4O4S/c1-20-8-13-28(14-9-20)27(32)26-21(2)31(33)30-17-12-24(18-25(26)30)23-10-15-29(16-11-23)36(34,35)19-22-6-4-3-5-7-22/h3-7,20-21,23-26H,8-19H2,1-2H3/q+1. The zero-order valence-corrected chi connectivity index (χ0v) is 22.5. The summed E-state index contributed by atoms with van der Waals surface area (Å²) in [6.45, 7) is 7.56. The molecule has 9 heteroatoms. The van der Waals surface area contributed by atoms with Crippen LogP contribution in [0.2, 0.25) is 0 Å². The first-order valence-electron chi connectivity index (χ1n) is 13.8. The third-order valence-electron chi connectivity index (χ3n) is 9.32. The van der Waals surface area contributed by atoms with Crippen molar-refractivity contribution in [3.63, 3.8) is 0 Å². The Morgan fingerprint density at radius 1 is 0.917 bits per heavy atom. The van der Waals surface area contributed by atoms with Crippen LogP contribution in [0.1, 0.15) is 57.9 Å². The molecule has 0 spiro atoms. The van der Waals surface area contributed by atoms with Crippen LogP contribution < -0.4 is 0 Å². The van der Waals surface area contributed by atoms with Crippen molar-refractivity contribution in [2.24, 2.45) is 23.7 Å². The molecule has 4 aliphatic rings. The fraction of sp³-hybridized carbons (Fsp3) is 0.741. The second kappa shape index (κ2) is 10.4. The molecule has 4 heterocycles. The van der Waals surface area contributed by atoms with Gasteiger partial charge in [0.15, 0.2) is 0 Å². The molecule has 4 fully saturated rings. The van der Waals surface area contributed by atoms with Crippen LogP contribution in [-0.2, 0) is 20.6 Å². The Labute approximate surface area is 215 Å². The van der Waals surface area contributed by atoms with Crippen molar-refractivity contribution >= 4 is 15.9 Å². The largest absolute Gasteiger partial charge is 0.342 e. The van der Waals surface area contributed by atoms with Crippen molar-refractivity contribution in [1.82, 2.24) is 14.2 Å². The summed E-state index contributed by atoms with van der Waals surface area (Å²) in [5, 5.41) is 1.91. The Hall–Kier alpha value is -2.00. The van der Waals surface area contributed by atoms with Crippen LogP contribution in [0.25, 0.3) is 0 Å². The molecular weight excluding hydrogens is 476 g/mol. The van der Waals surface area contributed by atoms with Crippen molar-refractivity contribution < 1.29 is 18.1 Å². The van der Waals surface area contributed by atoms with E-state index in [0.717, 1.165) is 62.0 Å². The van der Waals surface area contributed by atoms with Gasteiger partial charge in [-0.25, -0.2) is 12.7 Å². The fourth-order valence-electron chi connectivity index (χ4n) is 7.02. The Kier molecular flexibility index (Phi) is 7.41. The predicted molar refractivity (Wildman–Crippen MR) is 138 cm³/mol. The first kappa shape index (κ1) is 25.6. The molecule has 0 bridgehead atoms. The molecule has 198 valence electrons. The van der Waals surface area contributed by atoms with E-state index in [1.807, 2.05) is 47.2 Å². The number of hydrogen-bond donors (Lipinski definition) is 0. The third kappa shape index (κ3) is 5.05. The second-order valence-corrected chi connectivity index (χ2v) is 13.5. The van der Waals surface area contributed by atoms with Crippen LogP contribution in [0, 0.1) is 28.6 Å². The normalized spacial score (nSPS) is 31.0. The van der Waals surface area contributed by atoms with Crippen LogP contribution in [0.4, 0.5) is 0 Å². The molecule has 1 amide bonds. The van der Waals surface area contributed by atoms with E-state index in [0.29, 0.717) is 37.4 Å². The van der Waals surface area contributed by atoms with Gasteiger partial charge in [-0.05, 0) is 61.8 Å². The van der Waals surface area contributed by atoms with Gasteiger partial charge in [-0.15, -0.1) is 5.01 Å². The first-order valence-corrected chi connectivity index (χ1v) is 15.4. The van der Waals surface area contributed by atoms with Gasteiger partial charge in [0.25, 0.3) is 0 Å². The smallest absolute Gasteiger partial charge is 0.245 e. The van der Waals surface area contributed by atoms with Crippen molar-refractivity contribution in [2.75, 3.05) is 32.7 Å². The molecule has 0 aromatic heterocycles. The lowest BCUT2D eigenvalue weighted by Crippen LogP contribution is -2.50. The highest BCUT2D eigenvalue weighted by Gasteiger charge is 2.59. The number of likely N-dealkylation sites (tertiary alicyclic amines) is 1. The van der Waals surface area contributed by atoms with E-state index >= 15 is 0 Å². The molecule has 5 rings (SSSR count). The Balaban J connectivity index is 1.21. The first-order chi connectivity index (χ1) is 17.2. The zero-order chi connectivity index (χ0) is 25.4. The quantitative estimate of drug-likeness (QED) is 0.560. The molecule has 1 aromatic carbocycles. The maximum atomic E-state index is 13.6.